The molecule has 0 amide bonds. The number of likely N-dealkylation sites (N-methyl/N-ethyl adjacent to an activating group) is 1. The first-order chi connectivity index (χ1) is 39.0. The lowest BCUT2D eigenvalue weighted by Crippen LogP contribution is -2.37. The summed E-state index contributed by atoms with van der Waals surface area (Å²) in [4.78, 5) is 35.7. The number of nitrogens with zero attached hydrogens (tertiary/aromatic N) is 1. The maximum atomic E-state index is 12.8. The predicted molar refractivity (Wildman–Crippen MR) is 343 cm³/mol. The zero-order valence-electron chi connectivity index (χ0n) is 51.2. The molecule has 2 atom stereocenters. The molecule has 0 bridgehead atoms. The second-order valence-electron chi connectivity index (χ2n) is 21.4. The van der Waals surface area contributed by atoms with Crippen molar-refractivity contribution in [1.82, 2.24) is 0 Å². The van der Waals surface area contributed by atoms with E-state index >= 15 is 0 Å². The summed E-state index contributed by atoms with van der Waals surface area (Å²) >= 11 is 0. The molecule has 452 valence electrons. The van der Waals surface area contributed by atoms with Crippen LogP contribution >= 0.6 is 7.82 Å². The molecule has 10 heteroatoms. The van der Waals surface area contributed by atoms with Crippen LogP contribution in [0.25, 0.3) is 0 Å². The van der Waals surface area contributed by atoms with Gasteiger partial charge in [0.15, 0.2) is 6.10 Å². The summed E-state index contributed by atoms with van der Waals surface area (Å²) < 4.78 is 34.6. The van der Waals surface area contributed by atoms with Gasteiger partial charge in [-0.3, -0.25) is 18.6 Å². The number of phosphoric acid groups is 1. The molecule has 80 heavy (non-hydrogen) atoms. The first-order valence-corrected chi connectivity index (χ1v) is 32.7. The number of ether oxygens (including phenoxy) is 2. The summed E-state index contributed by atoms with van der Waals surface area (Å²) in [5, 5.41) is 0. The Labute approximate surface area is 490 Å². The first-order valence-electron chi connectivity index (χ1n) is 31.2. The van der Waals surface area contributed by atoms with Crippen LogP contribution in [0.1, 0.15) is 219 Å². The van der Waals surface area contributed by atoms with E-state index in [4.69, 9.17) is 18.5 Å². The third kappa shape index (κ3) is 62.8. The standard InChI is InChI=1S/C70H114NO8P/c1-6-8-10-12-14-16-18-20-22-24-26-27-28-29-30-31-32-33-34-35-36-37-38-39-40-41-42-43-45-47-49-51-53-55-57-59-61-63-70(73)79-68(67-78-80(74,75)77-65-64-71(3,4)5)66-76-69(72)62-60-58-56-54-52-50-48-46-44-25-23-21-19-17-15-13-11-9-7-2/h8,10,14-17,20-23,26-27,29-30,32-33,35-36,38-39,41-42,44-47,68H,6-7,9,11-13,18-19,24-25,28,31,34,37,40,43,48-67H2,1-5H3/p+1/b10-8-,16-14-,17-15-,22-20-,23-21-,27-26-,30-29-,33-32-,36-35-,39-38-,42-41-,46-44-,47-45-. The second kappa shape index (κ2) is 59.3. The number of hydrogen-bond acceptors (Lipinski definition) is 7. The Morgan fingerprint density at radius 1 is 0.400 bits per heavy atom. The van der Waals surface area contributed by atoms with Crippen molar-refractivity contribution in [2.75, 3.05) is 47.5 Å². The highest BCUT2D eigenvalue weighted by Gasteiger charge is 2.27. The van der Waals surface area contributed by atoms with Crippen molar-refractivity contribution in [2.45, 2.75) is 225 Å². The summed E-state index contributed by atoms with van der Waals surface area (Å²) in [5.41, 5.74) is 0. The molecule has 0 aromatic rings. The summed E-state index contributed by atoms with van der Waals surface area (Å²) in [7, 11) is 1.43. The molecule has 1 N–H and O–H groups in total. The van der Waals surface area contributed by atoms with E-state index in [1.54, 1.807) is 0 Å². The Morgan fingerprint density at radius 3 is 1.06 bits per heavy atom. The van der Waals surface area contributed by atoms with Crippen molar-refractivity contribution >= 4 is 19.8 Å². The number of esters is 2. The van der Waals surface area contributed by atoms with Crippen LogP contribution in [0, 0.1) is 0 Å². The number of allylic oxidation sites excluding steroid dienone is 26. The predicted octanol–water partition coefficient (Wildman–Crippen LogP) is 20.0. The minimum atomic E-state index is -4.41. The Morgan fingerprint density at radius 2 is 0.713 bits per heavy atom. The van der Waals surface area contributed by atoms with Gasteiger partial charge < -0.3 is 18.9 Å². The lowest BCUT2D eigenvalue weighted by molar-refractivity contribution is -0.870. The number of hydrogen-bond donors (Lipinski definition) is 1. The SMILES string of the molecule is CC/C=C\C/C=C\C/C=C\C/C=C\C/C=C\C/C=C\C/C=C\C/C=C\C/C=C\C/C=C\CCCCCCCCC(=O)OC(COC(=O)CCCCCCCC/C=C\C/C=C\C/C=C\CCCCC)COP(=O)(O)OCC[N+](C)(C)C. The number of rotatable bonds is 55. The Kier molecular flexibility index (Phi) is 56.0. The highest BCUT2D eigenvalue weighted by molar-refractivity contribution is 7.47. The van der Waals surface area contributed by atoms with Gasteiger partial charge >= 0.3 is 19.8 Å². The molecule has 0 aliphatic carbocycles. The van der Waals surface area contributed by atoms with E-state index in [9.17, 15) is 19.0 Å². The lowest BCUT2D eigenvalue weighted by atomic mass is 10.1. The maximum Gasteiger partial charge on any atom is 0.472 e. The normalized spacial score (nSPS) is 14.3. The van der Waals surface area contributed by atoms with Gasteiger partial charge in [0.05, 0.1) is 27.7 Å². The van der Waals surface area contributed by atoms with Crippen LogP contribution in [0.5, 0.6) is 0 Å². The third-order valence-electron chi connectivity index (χ3n) is 12.5. The van der Waals surface area contributed by atoms with Gasteiger partial charge in [-0.15, -0.1) is 0 Å². The smallest absolute Gasteiger partial charge is 0.462 e. The van der Waals surface area contributed by atoms with E-state index in [0.29, 0.717) is 23.9 Å². The van der Waals surface area contributed by atoms with Crippen molar-refractivity contribution in [2.24, 2.45) is 0 Å². The Balaban J connectivity index is 4.22. The molecule has 2 unspecified atom stereocenters. The molecular weight excluding hydrogens is 1010 g/mol. The van der Waals surface area contributed by atoms with E-state index < -0.39 is 26.5 Å². The van der Waals surface area contributed by atoms with Gasteiger partial charge in [0.2, 0.25) is 0 Å². The van der Waals surface area contributed by atoms with Crippen LogP contribution in [0.4, 0.5) is 0 Å². The van der Waals surface area contributed by atoms with Gasteiger partial charge in [-0.2, -0.15) is 0 Å². The molecule has 0 fully saturated rings. The van der Waals surface area contributed by atoms with E-state index in [-0.39, 0.29) is 32.0 Å². The fourth-order valence-electron chi connectivity index (χ4n) is 7.75. The number of quaternary nitrogens is 1. The molecule has 0 aliphatic heterocycles. The number of phosphoric ester groups is 1. The van der Waals surface area contributed by atoms with E-state index in [1.165, 1.54) is 25.7 Å². The van der Waals surface area contributed by atoms with Gasteiger partial charge in [0, 0.05) is 12.8 Å². The van der Waals surface area contributed by atoms with Gasteiger partial charge in [-0.25, -0.2) is 4.57 Å². The molecule has 0 aromatic heterocycles. The highest BCUT2D eigenvalue weighted by Crippen LogP contribution is 2.43. The lowest BCUT2D eigenvalue weighted by Gasteiger charge is -2.24. The number of carbonyl (C=O) groups excluding carboxylic acids is 2. The molecule has 0 saturated carbocycles. The molecule has 0 rings (SSSR count). The van der Waals surface area contributed by atoms with Gasteiger partial charge in [0.25, 0.3) is 0 Å². The summed E-state index contributed by atoms with van der Waals surface area (Å²) in [5.74, 6) is -0.841. The van der Waals surface area contributed by atoms with Gasteiger partial charge in [0.1, 0.15) is 19.8 Å². The Bertz CT molecular complexity index is 1900. The van der Waals surface area contributed by atoms with Crippen molar-refractivity contribution < 1.29 is 42.1 Å². The quantitative estimate of drug-likeness (QED) is 0.0211. The zero-order chi connectivity index (χ0) is 58.4. The van der Waals surface area contributed by atoms with Crippen LogP contribution in [-0.2, 0) is 32.7 Å². The van der Waals surface area contributed by atoms with Crippen molar-refractivity contribution in [3.05, 3.63) is 158 Å². The number of unbranched alkanes of at least 4 members (excludes halogenated alkanes) is 15. The summed E-state index contributed by atoms with van der Waals surface area (Å²) in [6, 6.07) is 0. The highest BCUT2D eigenvalue weighted by atomic mass is 31.2. The third-order valence-corrected chi connectivity index (χ3v) is 13.5. The fourth-order valence-corrected chi connectivity index (χ4v) is 8.50. The molecule has 0 saturated heterocycles. The molecule has 0 radical (unpaired) electrons. The molecule has 0 heterocycles. The molecular formula is C70H115NO8P+. The van der Waals surface area contributed by atoms with E-state index in [0.717, 1.165) is 154 Å². The van der Waals surface area contributed by atoms with Crippen LogP contribution in [-0.4, -0.2) is 74.9 Å². The first kappa shape index (κ1) is 75.6. The van der Waals surface area contributed by atoms with Crippen molar-refractivity contribution in [3.8, 4) is 0 Å². The van der Waals surface area contributed by atoms with Gasteiger partial charge in [-0.05, 0) is 128 Å². The van der Waals surface area contributed by atoms with Crippen LogP contribution in [0.3, 0.4) is 0 Å². The van der Waals surface area contributed by atoms with Crippen molar-refractivity contribution in [1.29, 1.82) is 0 Å². The Hall–Kier alpha value is -4.37. The van der Waals surface area contributed by atoms with E-state index in [1.807, 2.05) is 21.1 Å². The average Bonchev–Trinajstić information content (AvgIpc) is 3.42. The van der Waals surface area contributed by atoms with Crippen LogP contribution < -0.4 is 0 Å². The minimum Gasteiger partial charge on any atom is -0.462 e. The molecule has 0 aliphatic rings. The summed E-state index contributed by atoms with van der Waals surface area (Å²) in [6.07, 6.45) is 88.9. The number of carbonyl (C=O) groups is 2. The fraction of sp³-hybridized carbons (Fsp3) is 0.600. The van der Waals surface area contributed by atoms with Crippen molar-refractivity contribution in [3.63, 3.8) is 0 Å². The zero-order valence-corrected chi connectivity index (χ0v) is 52.1. The van der Waals surface area contributed by atoms with E-state index in [2.05, 4.69) is 172 Å². The minimum absolute atomic E-state index is 0.0173. The second-order valence-corrected chi connectivity index (χ2v) is 22.8. The largest absolute Gasteiger partial charge is 0.472 e. The summed E-state index contributed by atoms with van der Waals surface area (Å²) in [6.45, 7) is 4.23. The molecule has 0 spiro atoms. The maximum absolute atomic E-state index is 12.8. The van der Waals surface area contributed by atoms with Crippen LogP contribution in [0.2, 0.25) is 0 Å². The molecule has 0 aromatic carbocycles. The average molecular weight is 1130 g/mol. The molecule has 9 nitrogen and oxygen atoms in total. The monoisotopic (exact) mass is 1130 g/mol. The van der Waals surface area contributed by atoms with Crippen LogP contribution in [0.15, 0.2) is 158 Å². The topological polar surface area (TPSA) is 108 Å². The van der Waals surface area contributed by atoms with Gasteiger partial charge in [-0.1, -0.05) is 236 Å².